The molecule has 5 heteroatoms. The summed E-state index contributed by atoms with van der Waals surface area (Å²) in [5.74, 6) is -0.452. The molecule has 56 valence electrons. The molecule has 0 saturated carbocycles. The molecule has 0 aromatic carbocycles. The van der Waals surface area contributed by atoms with E-state index in [1.54, 1.807) is 6.07 Å². The summed E-state index contributed by atoms with van der Waals surface area (Å²) < 4.78 is 1.08. The molecule has 1 aromatic rings. The number of nitriles is 1. The lowest BCUT2D eigenvalue weighted by Gasteiger charge is -1.96. The van der Waals surface area contributed by atoms with E-state index in [2.05, 4.69) is 9.82 Å². The van der Waals surface area contributed by atoms with Crippen molar-refractivity contribution in [1.29, 1.82) is 5.26 Å². The van der Waals surface area contributed by atoms with Crippen molar-refractivity contribution >= 4 is 5.97 Å². The second kappa shape index (κ2) is 2.84. The van der Waals surface area contributed by atoms with Crippen LogP contribution in [0.5, 0.6) is 0 Å². The molecule has 0 atom stereocenters. The van der Waals surface area contributed by atoms with Gasteiger partial charge in [-0.25, -0.2) is 9.78 Å². The largest absolute Gasteiger partial charge is 0.336 e. The summed E-state index contributed by atoms with van der Waals surface area (Å²) in [4.78, 5) is 18.5. The van der Waals surface area contributed by atoms with E-state index in [9.17, 15) is 4.79 Å². The van der Waals surface area contributed by atoms with E-state index < -0.39 is 5.97 Å². The second-order valence-corrected chi connectivity index (χ2v) is 1.81. The van der Waals surface area contributed by atoms with E-state index in [1.165, 1.54) is 19.4 Å². The van der Waals surface area contributed by atoms with Gasteiger partial charge in [-0.2, -0.15) is 9.99 Å². The number of nitrogens with zero attached hydrogens (tertiary/aromatic N) is 3. The Kier molecular flexibility index (Phi) is 1.88. The summed E-state index contributed by atoms with van der Waals surface area (Å²) >= 11 is 0. The Morgan fingerprint density at radius 3 is 3.09 bits per heavy atom. The van der Waals surface area contributed by atoms with E-state index in [4.69, 9.17) is 5.26 Å². The standard InChI is InChI=1S/C6H5N3O2/c1-5(10)11-9-3-6(2-7)8-4-9/h3-4H,1H3. The fourth-order valence-electron chi connectivity index (χ4n) is 0.562. The molecule has 11 heavy (non-hydrogen) atoms. The summed E-state index contributed by atoms with van der Waals surface area (Å²) in [5.41, 5.74) is 0.214. The Labute approximate surface area is 62.8 Å². The van der Waals surface area contributed by atoms with Gasteiger partial charge in [-0.15, -0.1) is 0 Å². The Bertz CT molecular complexity index is 310. The predicted octanol–water partition coefficient (Wildman–Crippen LogP) is -0.270. The van der Waals surface area contributed by atoms with Crippen LogP contribution in [0.4, 0.5) is 0 Å². The van der Waals surface area contributed by atoms with Gasteiger partial charge in [-0.1, -0.05) is 0 Å². The average molecular weight is 151 g/mol. The molecular formula is C6H5N3O2. The molecule has 0 aliphatic heterocycles. The fourth-order valence-corrected chi connectivity index (χ4v) is 0.562. The van der Waals surface area contributed by atoms with E-state index in [-0.39, 0.29) is 5.69 Å². The molecule has 0 N–H and O–H groups in total. The first-order valence-corrected chi connectivity index (χ1v) is 2.85. The molecule has 1 rings (SSSR count). The van der Waals surface area contributed by atoms with Crippen molar-refractivity contribution in [3.05, 3.63) is 18.2 Å². The number of aromatic nitrogens is 2. The normalized spacial score (nSPS) is 8.73. The van der Waals surface area contributed by atoms with Gasteiger partial charge < -0.3 is 4.84 Å². The minimum absolute atomic E-state index is 0.214. The Morgan fingerprint density at radius 2 is 2.64 bits per heavy atom. The predicted molar refractivity (Wildman–Crippen MR) is 34.2 cm³/mol. The van der Waals surface area contributed by atoms with Crippen LogP contribution in [-0.2, 0) is 4.79 Å². The van der Waals surface area contributed by atoms with Gasteiger partial charge in [0.25, 0.3) is 0 Å². The molecule has 1 aromatic heterocycles. The van der Waals surface area contributed by atoms with Crippen LogP contribution in [0.2, 0.25) is 0 Å². The molecule has 0 fully saturated rings. The summed E-state index contributed by atoms with van der Waals surface area (Å²) in [6, 6.07) is 1.80. The number of hydrogen-bond donors (Lipinski definition) is 0. The number of hydrogen-bond acceptors (Lipinski definition) is 4. The van der Waals surface area contributed by atoms with Crippen LogP contribution in [0, 0.1) is 11.3 Å². The van der Waals surface area contributed by atoms with E-state index in [0.717, 1.165) is 4.73 Å². The van der Waals surface area contributed by atoms with Crippen LogP contribution in [-0.4, -0.2) is 15.7 Å². The highest BCUT2D eigenvalue weighted by Gasteiger charge is 1.98. The zero-order valence-electron chi connectivity index (χ0n) is 5.81. The van der Waals surface area contributed by atoms with E-state index >= 15 is 0 Å². The lowest BCUT2D eigenvalue weighted by Crippen LogP contribution is -2.14. The highest BCUT2D eigenvalue weighted by molar-refractivity contribution is 5.66. The van der Waals surface area contributed by atoms with Gasteiger partial charge in [-0.3, -0.25) is 0 Å². The Balaban J connectivity index is 2.75. The number of carbonyl (C=O) groups is 1. The smallest absolute Gasteiger partial charge is 0.329 e. The van der Waals surface area contributed by atoms with Gasteiger partial charge in [0.2, 0.25) is 0 Å². The minimum Gasteiger partial charge on any atom is -0.336 e. The van der Waals surface area contributed by atoms with Crippen molar-refractivity contribution in [3.8, 4) is 6.07 Å². The molecule has 0 aliphatic carbocycles. The zero-order valence-corrected chi connectivity index (χ0v) is 5.81. The first-order valence-electron chi connectivity index (χ1n) is 2.85. The molecule has 0 aliphatic rings. The third-order valence-corrected chi connectivity index (χ3v) is 0.909. The molecule has 0 bridgehead atoms. The van der Waals surface area contributed by atoms with Crippen LogP contribution in [0.25, 0.3) is 0 Å². The molecule has 0 radical (unpaired) electrons. The zero-order chi connectivity index (χ0) is 8.27. The van der Waals surface area contributed by atoms with Crippen LogP contribution in [0.15, 0.2) is 12.5 Å². The SMILES string of the molecule is CC(=O)On1cnc(C#N)c1. The molecular weight excluding hydrogens is 146 g/mol. The lowest BCUT2D eigenvalue weighted by atomic mass is 10.6. The summed E-state index contributed by atoms with van der Waals surface area (Å²) in [6.45, 7) is 1.27. The van der Waals surface area contributed by atoms with Gasteiger partial charge >= 0.3 is 5.97 Å². The van der Waals surface area contributed by atoms with Crippen LogP contribution in [0.1, 0.15) is 12.6 Å². The van der Waals surface area contributed by atoms with Crippen molar-refractivity contribution < 1.29 is 9.63 Å². The quantitative estimate of drug-likeness (QED) is 0.554. The highest BCUT2D eigenvalue weighted by Crippen LogP contribution is 1.90. The molecule has 0 unspecified atom stereocenters. The van der Waals surface area contributed by atoms with Crippen molar-refractivity contribution in [2.24, 2.45) is 0 Å². The first-order chi connectivity index (χ1) is 5.22. The summed E-state index contributed by atoms with van der Waals surface area (Å²) in [7, 11) is 0. The summed E-state index contributed by atoms with van der Waals surface area (Å²) in [5, 5.41) is 8.32. The number of imidazole rings is 1. The van der Waals surface area contributed by atoms with Crippen molar-refractivity contribution in [1.82, 2.24) is 9.71 Å². The van der Waals surface area contributed by atoms with Gasteiger partial charge in [0.1, 0.15) is 12.4 Å². The maximum Gasteiger partial charge on any atom is 0.329 e. The Morgan fingerprint density at radius 1 is 1.91 bits per heavy atom. The summed E-state index contributed by atoms with van der Waals surface area (Å²) in [6.07, 6.45) is 2.57. The van der Waals surface area contributed by atoms with E-state index in [1.807, 2.05) is 0 Å². The monoisotopic (exact) mass is 151 g/mol. The van der Waals surface area contributed by atoms with E-state index in [0.29, 0.717) is 0 Å². The third kappa shape index (κ3) is 1.79. The maximum atomic E-state index is 10.4. The van der Waals surface area contributed by atoms with Gasteiger partial charge in [0.05, 0.1) is 6.20 Å². The van der Waals surface area contributed by atoms with Crippen molar-refractivity contribution in [2.45, 2.75) is 6.92 Å². The maximum absolute atomic E-state index is 10.4. The van der Waals surface area contributed by atoms with Crippen LogP contribution in [0.3, 0.4) is 0 Å². The lowest BCUT2D eigenvalue weighted by molar-refractivity contribution is -0.141. The van der Waals surface area contributed by atoms with Gasteiger partial charge in [0.15, 0.2) is 5.69 Å². The molecule has 5 nitrogen and oxygen atoms in total. The molecule has 0 saturated heterocycles. The van der Waals surface area contributed by atoms with Crippen LogP contribution < -0.4 is 4.84 Å². The van der Waals surface area contributed by atoms with Crippen molar-refractivity contribution in [3.63, 3.8) is 0 Å². The molecule has 0 amide bonds. The fraction of sp³-hybridized carbons (Fsp3) is 0.167. The van der Waals surface area contributed by atoms with Gasteiger partial charge in [0, 0.05) is 6.92 Å². The van der Waals surface area contributed by atoms with Crippen molar-refractivity contribution in [2.75, 3.05) is 0 Å². The third-order valence-electron chi connectivity index (χ3n) is 0.909. The molecule has 0 spiro atoms. The number of carbonyl (C=O) groups excluding carboxylic acids is 1. The first kappa shape index (κ1) is 7.28. The van der Waals surface area contributed by atoms with Gasteiger partial charge in [-0.05, 0) is 0 Å². The Hall–Kier alpha value is -1.83. The second-order valence-electron chi connectivity index (χ2n) is 1.81. The topological polar surface area (TPSA) is 67.9 Å². The highest BCUT2D eigenvalue weighted by atomic mass is 16.7. The minimum atomic E-state index is -0.452. The number of rotatable bonds is 1. The van der Waals surface area contributed by atoms with Crippen LogP contribution >= 0.6 is 0 Å². The molecule has 1 heterocycles. The average Bonchev–Trinajstić information content (AvgIpc) is 2.34.